The van der Waals surface area contributed by atoms with E-state index in [1.807, 2.05) is 30.5 Å². The minimum atomic E-state index is -0.149. The summed E-state index contributed by atoms with van der Waals surface area (Å²) >= 11 is 0. The van der Waals surface area contributed by atoms with E-state index in [2.05, 4.69) is 29.0 Å². The van der Waals surface area contributed by atoms with Crippen molar-refractivity contribution in [3.8, 4) is 5.82 Å². The maximum Gasteiger partial charge on any atom is 0.155 e. The highest BCUT2D eigenvalue weighted by Gasteiger charge is 2.07. The first-order chi connectivity index (χ1) is 9.33. The number of nitrogens with one attached hydrogen (secondary N) is 1. The van der Waals surface area contributed by atoms with Gasteiger partial charge in [-0.05, 0) is 38.6 Å². The highest BCUT2D eigenvalue weighted by Crippen LogP contribution is 2.36. The molecule has 0 aliphatic carbocycles. The highest BCUT2D eigenvalue weighted by molar-refractivity contribution is 7.59. The standard InChI is InChI=1S/C14H21N4P/c1-3-11-19(12-4-2)17-13-7-5-8-14(16-13)18-10-6-9-15-18/h5-10H,3-4,11-12H2,1-2H3,(H,16,17). The van der Waals surface area contributed by atoms with Gasteiger partial charge in [0, 0.05) is 12.4 Å². The monoisotopic (exact) mass is 276 g/mol. The van der Waals surface area contributed by atoms with Crippen molar-refractivity contribution in [2.75, 3.05) is 17.4 Å². The summed E-state index contributed by atoms with van der Waals surface area (Å²) in [6.45, 7) is 4.47. The van der Waals surface area contributed by atoms with Crippen LogP contribution in [0.1, 0.15) is 26.7 Å². The lowest BCUT2D eigenvalue weighted by Crippen LogP contribution is -2.04. The van der Waals surface area contributed by atoms with Crippen molar-refractivity contribution in [2.24, 2.45) is 0 Å². The van der Waals surface area contributed by atoms with Gasteiger partial charge in [-0.15, -0.1) is 0 Å². The number of rotatable bonds is 7. The third-order valence-electron chi connectivity index (χ3n) is 2.73. The van der Waals surface area contributed by atoms with Crippen LogP contribution in [0.15, 0.2) is 36.7 Å². The van der Waals surface area contributed by atoms with Crippen molar-refractivity contribution < 1.29 is 0 Å². The second kappa shape index (κ2) is 7.25. The third-order valence-corrected chi connectivity index (χ3v) is 5.25. The van der Waals surface area contributed by atoms with Gasteiger partial charge in [-0.25, -0.2) is 9.67 Å². The van der Waals surface area contributed by atoms with Crippen molar-refractivity contribution in [2.45, 2.75) is 26.7 Å². The van der Waals surface area contributed by atoms with Gasteiger partial charge >= 0.3 is 0 Å². The van der Waals surface area contributed by atoms with Crippen LogP contribution in [-0.2, 0) is 0 Å². The molecule has 19 heavy (non-hydrogen) atoms. The van der Waals surface area contributed by atoms with Crippen molar-refractivity contribution in [1.29, 1.82) is 0 Å². The van der Waals surface area contributed by atoms with Crippen LogP contribution in [0.3, 0.4) is 0 Å². The maximum absolute atomic E-state index is 4.63. The van der Waals surface area contributed by atoms with Gasteiger partial charge < -0.3 is 5.09 Å². The Kier molecular flexibility index (Phi) is 5.34. The van der Waals surface area contributed by atoms with Gasteiger partial charge in [0.15, 0.2) is 5.82 Å². The zero-order valence-corrected chi connectivity index (χ0v) is 12.5. The zero-order chi connectivity index (χ0) is 13.5. The number of anilines is 1. The normalized spacial score (nSPS) is 10.9. The molecule has 2 aromatic heterocycles. The molecule has 0 radical (unpaired) electrons. The molecule has 2 aromatic rings. The molecule has 4 nitrogen and oxygen atoms in total. The molecule has 0 aliphatic heterocycles. The van der Waals surface area contributed by atoms with Crippen molar-refractivity contribution in [3.63, 3.8) is 0 Å². The number of nitrogens with zero attached hydrogens (tertiary/aromatic N) is 3. The molecule has 1 N–H and O–H groups in total. The quantitative estimate of drug-likeness (QED) is 0.780. The van der Waals surface area contributed by atoms with Crippen molar-refractivity contribution in [1.82, 2.24) is 14.8 Å². The Hall–Kier alpha value is -1.41. The average Bonchev–Trinajstić information content (AvgIpc) is 2.93. The van der Waals surface area contributed by atoms with E-state index in [9.17, 15) is 0 Å². The van der Waals surface area contributed by atoms with Crippen LogP contribution >= 0.6 is 8.07 Å². The van der Waals surface area contributed by atoms with Crippen molar-refractivity contribution in [3.05, 3.63) is 36.7 Å². The lowest BCUT2D eigenvalue weighted by Gasteiger charge is -2.18. The minimum absolute atomic E-state index is 0.149. The van der Waals surface area contributed by atoms with Gasteiger partial charge in [0.05, 0.1) is 0 Å². The largest absolute Gasteiger partial charge is 0.349 e. The van der Waals surface area contributed by atoms with E-state index in [1.54, 1.807) is 10.9 Å². The maximum atomic E-state index is 4.63. The van der Waals surface area contributed by atoms with Crippen LogP contribution in [0, 0.1) is 0 Å². The molecule has 0 aliphatic rings. The van der Waals surface area contributed by atoms with E-state index >= 15 is 0 Å². The summed E-state index contributed by atoms with van der Waals surface area (Å²) in [7, 11) is -0.149. The summed E-state index contributed by atoms with van der Waals surface area (Å²) in [6, 6.07) is 7.94. The highest BCUT2D eigenvalue weighted by atomic mass is 31.1. The van der Waals surface area contributed by atoms with Crippen LogP contribution in [0.4, 0.5) is 5.82 Å². The molecule has 0 spiro atoms. The molecule has 0 saturated carbocycles. The lowest BCUT2D eigenvalue weighted by atomic mass is 10.4. The van der Waals surface area contributed by atoms with Gasteiger partial charge in [-0.2, -0.15) is 5.10 Å². The van der Waals surface area contributed by atoms with E-state index in [1.165, 1.54) is 25.2 Å². The van der Waals surface area contributed by atoms with E-state index in [4.69, 9.17) is 0 Å². The molecule has 0 aromatic carbocycles. The van der Waals surface area contributed by atoms with Gasteiger partial charge in [0.25, 0.3) is 0 Å². The van der Waals surface area contributed by atoms with Crippen LogP contribution in [0.5, 0.6) is 0 Å². The number of hydrogen-bond donors (Lipinski definition) is 1. The molecular formula is C14H21N4P. The van der Waals surface area contributed by atoms with E-state index in [0.29, 0.717) is 0 Å². The Morgan fingerprint density at radius 1 is 1.16 bits per heavy atom. The molecule has 0 saturated heterocycles. The SMILES string of the molecule is CCCP(CCC)Nc1cccc(-n2cccn2)n1. The summed E-state index contributed by atoms with van der Waals surface area (Å²) in [6.07, 6.45) is 8.61. The Bertz CT molecular complexity index is 478. The Morgan fingerprint density at radius 3 is 2.58 bits per heavy atom. The van der Waals surface area contributed by atoms with Crippen LogP contribution in [0.25, 0.3) is 5.82 Å². The predicted octanol–water partition coefficient (Wildman–Crippen LogP) is 3.90. The summed E-state index contributed by atoms with van der Waals surface area (Å²) in [5, 5.41) is 7.81. The summed E-state index contributed by atoms with van der Waals surface area (Å²) in [5.41, 5.74) is 0. The number of hydrogen-bond acceptors (Lipinski definition) is 3. The van der Waals surface area contributed by atoms with Crippen LogP contribution in [-0.4, -0.2) is 27.1 Å². The molecular weight excluding hydrogens is 255 g/mol. The molecule has 0 unspecified atom stereocenters. The molecule has 0 fully saturated rings. The molecule has 0 bridgehead atoms. The Labute approximate surface area is 116 Å². The first-order valence-electron chi connectivity index (χ1n) is 6.82. The number of pyridine rings is 1. The fourth-order valence-electron chi connectivity index (χ4n) is 1.94. The van der Waals surface area contributed by atoms with E-state index < -0.39 is 0 Å². The van der Waals surface area contributed by atoms with Gasteiger partial charge in [0.1, 0.15) is 5.82 Å². The smallest absolute Gasteiger partial charge is 0.155 e. The Balaban J connectivity index is 2.10. The summed E-state index contributed by atoms with van der Waals surface area (Å²) in [5.74, 6) is 1.82. The average molecular weight is 276 g/mol. The molecule has 5 heteroatoms. The van der Waals surface area contributed by atoms with Crippen LogP contribution < -0.4 is 5.09 Å². The predicted molar refractivity (Wildman–Crippen MR) is 82.2 cm³/mol. The van der Waals surface area contributed by atoms with Gasteiger partial charge in [-0.3, -0.25) is 0 Å². The first-order valence-corrected chi connectivity index (χ1v) is 8.53. The fraction of sp³-hybridized carbons (Fsp3) is 0.429. The Morgan fingerprint density at radius 2 is 1.95 bits per heavy atom. The molecule has 0 amide bonds. The molecule has 102 valence electrons. The zero-order valence-electron chi connectivity index (χ0n) is 11.6. The van der Waals surface area contributed by atoms with Gasteiger partial charge in [0.2, 0.25) is 0 Å². The molecule has 0 atom stereocenters. The van der Waals surface area contributed by atoms with Crippen LogP contribution in [0.2, 0.25) is 0 Å². The summed E-state index contributed by atoms with van der Waals surface area (Å²) in [4.78, 5) is 4.63. The topological polar surface area (TPSA) is 42.7 Å². The van der Waals surface area contributed by atoms with E-state index in [0.717, 1.165) is 11.6 Å². The third kappa shape index (κ3) is 4.03. The first kappa shape index (κ1) is 14.0. The van der Waals surface area contributed by atoms with Gasteiger partial charge in [-0.1, -0.05) is 32.8 Å². The minimum Gasteiger partial charge on any atom is -0.349 e. The second-order valence-electron chi connectivity index (χ2n) is 4.43. The number of aromatic nitrogens is 3. The van der Waals surface area contributed by atoms with E-state index in [-0.39, 0.29) is 8.07 Å². The molecule has 2 heterocycles. The summed E-state index contributed by atoms with van der Waals surface area (Å²) < 4.78 is 1.78. The fourth-order valence-corrected chi connectivity index (χ4v) is 3.92. The van der Waals surface area contributed by atoms with Crippen molar-refractivity contribution >= 4 is 13.9 Å². The second-order valence-corrected chi connectivity index (χ2v) is 6.63. The molecule has 2 rings (SSSR count). The lowest BCUT2D eigenvalue weighted by molar-refractivity contribution is 0.849.